The number of ether oxygens (including phenoxy) is 3. The molecule has 1 aromatic carbocycles. The highest BCUT2D eigenvalue weighted by Gasteiger charge is 2.26. The van der Waals surface area contributed by atoms with Crippen molar-refractivity contribution in [3.8, 4) is 0 Å². The van der Waals surface area contributed by atoms with Gasteiger partial charge >= 0.3 is 12.0 Å². The number of hydrogen-bond acceptors (Lipinski definition) is 6. The van der Waals surface area contributed by atoms with Crippen LogP contribution in [0.4, 0.5) is 4.79 Å². The van der Waals surface area contributed by atoms with Crippen LogP contribution in [0, 0.1) is 0 Å². The van der Waals surface area contributed by atoms with Crippen molar-refractivity contribution >= 4 is 17.7 Å². The normalized spacial score (nSPS) is 19.7. The molecule has 2 rings (SSSR count). The molecule has 33 heavy (non-hydrogen) atoms. The molecule has 2 amide bonds. The summed E-state index contributed by atoms with van der Waals surface area (Å²) in [6, 6.07) is 6.79. The molecule has 1 aromatic rings. The number of amides is 2. The number of nitrogens with one attached hydrogen (secondary N) is 2. The maximum atomic E-state index is 12.5. The number of carbonyl (C=O) groups is 2. The maximum absolute atomic E-state index is 12.5. The van der Waals surface area contributed by atoms with E-state index in [1.54, 1.807) is 26.3 Å². The summed E-state index contributed by atoms with van der Waals surface area (Å²) in [4.78, 5) is 29.1. The Balaban J connectivity index is 2.00. The topological polar surface area (TPSA) is 98.3 Å². The fourth-order valence-corrected chi connectivity index (χ4v) is 3.53. The van der Waals surface area contributed by atoms with Gasteiger partial charge < -0.3 is 24.8 Å². The zero-order valence-corrected chi connectivity index (χ0v) is 20.8. The van der Waals surface area contributed by atoms with Gasteiger partial charge in [0, 0.05) is 32.0 Å². The summed E-state index contributed by atoms with van der Waals surface area (Å²) in [7, 11) is 3.36. The average Bonchev–Trinajstić information content (AvgIpc) is 3.18. The van der Waals surface area contributed by atoms with E-state index >= 15 is 0 Å². The highest BCUT2D eigenvalue weighted by Crippen LogP contribution is 2.18. The fourth-order valence-electron chi connectivity index (χ4n) is 3.53. The van der Waals surface area contributed by atoms with E-state index in [9.17, 15) is 9.59 Å². The van der Waals surface area contributed by atoms with Crippen LogP contribution in [0.25, 0.3) is 0 Å². The number of allylic oxidation sites excluding steroid dienone is 2. The van der Waals surface area contributed by atoms with E-state index in [4.69, 9.17) is 14.2 Å². The Morgan fingerprint density at radius 1 is 1.15 bits per heavy atom. The minimum absolute atomic E-state index is 0.0281. The Labute approximate surface area is 196 Å². The lowest BCUT2D eigenvalue weighted by Gasteiger charge is -2.19. The van der Waals surface area contributed by atoms with Crippen molar-refractivity contribution in [2.75, 3.05) is 27.4 Å². The average molecular weight is 460 g/mol. The zero-order valence-electron chi connectivity index (χ0n) is 20.8. The molecule has 8 nitrogen and oxygen atoms in total. The van der Waals surface area contributed by atoms with Gasteiger partial charge in [-0.2, -0.15) is 0 Å². The SMILES string of the molecule is C/N=C(\C(C)=C(/C)NC(=O)N[C@H]1COC(CCOC)C1)c1ccc(C(=O)OC(C)(C)C)cc1. The summed E-state index contributed by atoms with van der Waals surface area (Å²) >= 11 is 0. The Morgan fingerprint density at radius 3 is 2.36 bits per heavy atom. The molecular weight excluding hydrogens is 422 g/mol. The van der Waals surface area contributed by atoms with Crippen molar-refractivity contribution in [3.05, 3.63) is 46.7 Å². The van der Waals surface area contributed by atoms with Crippen molar-refractivity contribution in [1.29, 1.82) is 0 Å². The Bertz CT molecular complexity index is 884. The van der Waals surface area contributed by atoms with Crippen LogP contribution >= 0.6 is 0 Å². The van der Waals surface area contributed by atoms with Gasteiger partial charge in [0.05, 0.1) is 30.0 Å². The first-order chi connectivity index (χ1) is 15.5. The maximum Gasteiger partial charge on any atom is 0.338 e. The largest absolute Gasteiger partial charge is 0.456 e. The van der Waals surface area contributed by atoms with Gasteiger partial charge in [0.2, 0.25) is 0 Å². The van der Waals surface area contributed by atoms with E-state index < -0.39 is 5.60 Å². The van der Waals surface area contributed by atoms with Crippen LogP contribution in [-0.2, 0) is 14.2 Å². The van der Waals surface area contributed by atoms with Gasteiger partial charge in [-0.3, -0.25) is 4.99 Å². The van der Waals surface area contributed by atoms with E-state index in [-0.39, 0.29) is 24.1 Å². The van der Waals surface area contributed by atoms with Crippen molar-refractivity contribution in [2.24, 2.45) is 4.99 Å². The number of urea groups is 1. The smallest absolute Gasteiger partial charge is 0.338 e. The Morgan fingerprint density at radius 2 is 1.79 bits per heavy atom. The summed E-state index contributed by atoms with van der Waals surface area (Å²) in [5.41, 5.74) is 3.02. The molecule has 0 aliphatic carbocycles. The third-order valence-corrected chi connectivity index (χ3v) is 5.29. The molecular formula is C25H37N3O5. The van der Waals surface area contributed by atoms with Gasteiger partial charge in [-0.25, -0.2) is 9.59 Å². The van der Waals surface area contributed by atoms with Gasteiger partial charge in [-0.15, -0.1) is 0 Å². The molecule has 1 heterocycles. The summed E-state index contributed by atoms with van der Waals surface area (Å²) in [6.07, 6.45) is 1.69. The molecule has 1 fully saturated rings. The second-order valence-corrected chi connectivity index (χ2v) is 9.17. The number of esters is 1. The number of nitrogens with zero attached hydrogens (tertiary/aromatic N) is 1. The van der Waals surface area contributed by atoms with E-state index in [1.165, 1.54) is 0 Å². The monoisotopic (exact) mass is 459 g/mol. The molecule has 2 N–H and O–H groups in total. The van der Waals surface area contributed by atoms with Gasteiger partial charge in [0.25, 0.3) is 0 Å². The molecule has 0 radical (unpaired) electrons. The lowest BCUT2D eigenvalue weighted by molar-refractivity contribution is 0.00694. The number of rotatable bonds is 8. The van der Waals surface area contributed by atoms with Gasteiger partial charge in [-0.1, -0.05) is 12.1 Å². The number of carbonyl (C=O) groups excluding carboxylic acids is 2. The van der Waals surface area contributed by atoms with E-state index in [0.717, 1.165) is 29.7 Å². The van der Waals surface area contributed by atoms with Crippen molar-refractivity contribution in [1.82, 2.24) is 10.6 Å². The highest BCUT2D eigenvalue weighted by atomic mass is 16.6. The Kier molecular flexibility index (Phi) is 9.61. The predicted octanol–water partition coefficient (Wildman–Crippen LogP) is 3.85. The van der Waals surface area contributed by atoms with Crippen LogP contribution in [0.15, 0.2) is 40.5 Å². The molecule has 0 spiro atoms. The number of hydrogen-bond donors (Lipinski definition) is 2. The van der Waals surface area contributed by atoms with Crippen LogP contribution < -0.4 is 10.6 Å². The lowest BCUT2D eigenvalue weighted by atomic mass is 10.0. The van der Waals surface area contributed by atoms with Gasteiger partial charge in [-0.05, 0) is 65.2 Å². The second kappa shape index (κ2) is 12.0. The number of benzene rings is 1. The summed E-state index contributed by atoms with van der Waals surface area (Å²) in [6.45, 7) is 10.4. The highest BCUT2D eigenvalue weighted by molar-refractivity contribution is 6.13. The van der Waals surface area contributed by atoms with Crippen LogP contribution in [0.1, 0.15) is 63.4 Å². The Hall–Kier alpha value is -2.71. The molecule has 0 aromatic heterocycles. The lowest BCUT2D eigenvalue weighted by Crippen LogP contribution is -2.42. The molecule has 1 unspecified atom stereocenters. The predicted molar refractivity (Wildman–Crippen MR) is 129 cm³/mol. The first-order valence-corrected chi connectivity index (χ1v) is 11.2. The van der Waals surface area contributed by atoms with E-state index in [0.29, 0.717) is 24.5 Å². The van der Waals surface area contributed by atoms with E-state index in [1.807, 2.05) is 46.8 Å². The minimum atomic E-state index is -0.552. The molecule has 1 aliphatic rings. The fraction of sp³-hybridized carbons (Fsp3) is 0.560. The summed E-state index contributed by atoms with van der Waals surface area (Å²) in [5.74, 6) is -0.369. The van der Waals surface area contributed by atoms with Crippen molar-refractivity contribution in [3.63, 3.8) is 0 Å². The number of methoxy groups -OCH3 is 1. The van der Waals surface area contributed by atoms with Gasteiger partial charge in [0.1, 0.15) is 5.60 Å². The molecule has 8 heteroatoms. The van der Waals surface area contributed by atoms with Crippen LogP contribution in [0.5, 0.6) is 0 Å². The molecule has 2 atom stereocenters. The van der Waals surface area contributed by atoms with E-state index in [2.05, 4.69) is 15.6 Å². The number of aliphatic imine (C=N–C) groups is 1. The third kappa shape index (κ3) is 8.29. The standard InChI is InChI=1S/C25H37N3O5/c1-16(17(2)27-24(30)28-20-14-21(32-15-20)12-13-31-7)22(26-6)18-8-10-19(11-9-18)23(29)33-25(3,4)5/h8-11,20-21H,12-15H2,1-7H3,(H2,27,28,30)/b17-16+,26-22+/t20-,21?/m1/s1. The molecule has 182 valence electrons. The molecule has 1 aliphatic heterocycles. The van der Waals surface area contributed by atoms with Gasteiger partial charge in [0.15, 0.2) is 0 Å². The van der Waals surface area contributed by atoms with Crippen LogP contribution in [-0.4, -0.2) is 62.8 Å². The first-order valence-electron chi connectivity index (χ1n) is 11.2. The third-order valence-electron chi connectivity index (χ3n) is 5.29. The molecule has 0 bridgehead atoms. The van der Waals surface area contributed by atoms with Crippen molar-refractivity contribution < 1.29 is 23.8 Å². The van der Waals surface area contributed by atoms with Crippen LogP contribution in [0.2, 0.25) is 0 Å². The first kappa shape index (κ1) is 26.5. The zero-order chi connectivity index (χ0) is 24.6. The van der Waals surface area contributed by atoms with Crippen LogP contribution in [0.3, 0.4) is 0 Å². The second-order valence-electron chi connectivity index (χ2n) is 9.17. The summed E-state index contributed by atoms with van der Waals surface area (Å²) in [5, 5.41) is 5.86. The summed E-state index contributed by atoms with van der Waals surface area (Å²) < 4.78 is 16.2. The quantitative estimate of drug-likeness (QED) is 0.455. The van der Waals surface area contributed by atoms with Crippen molar-refractivity contribution in [2.45, 2.75) is 65.2 Å². The molecule has 1 saturated heterocycles. The minimum Gasteiger partial charge on any atom is -0.456 e. The molecule has 0 saturated carbocycles.